The van der Waals surface area contributed by atoms with Gasteiger partial charge in [-0.1, -0.05) is 12.7 Å². The first-order chi connectivity index (χ1) is 5.81. The number of aromatic nitrogens is 2. The maximum Gasteiger partial charge on any atom is 0.0696 e. The van der Waals surface area contributed by atoms with Crippen molar-refractivity contribution in [3.05, 3.63) is 42.2 Å². The zero-order valence-corrected chi connectivity index (χ0v) is 6.99. The summed E-state index contributed by atoms with van der Waals surface area (Å²) in [5.74, 6) is 0. The number of hydrogen-bond acceptors (Lipinski definition) is 1. The van der Waals surface area contributed by atoms with Crippen molar-refractivity contribution in [2.75, 3.05) is 0 Å². The summed E-state index contributed by atoms with van der Waals surface area (Å²) in [6.45, 7) is 5.77. The molecule has 0 bridgehead atoms. The van der Waals surface area contributed by atoms with E-state index in [4.69, 9.17) is 0 Å². The van der Waals surface area contributed by atoms with Crippen LogP contribution < -0.4 is 0 Å². The molecule has 0 atom stereocenters. The van der Waals surface area contributed by atoms with Gasteiger partial charge in [0, 0.05) is 6.20 Å². The number of aryl methyl sites for hydroxylation is 1. The third-order valence-corrected chi connectivity index (χ3v) is 1.97. The Bertz CT molecular complexity index is 426. The molecule has 0 spiro atoms. The third kappa shape index (κ3) is 0.925. The highest BCUT2D eigenvalue weighted by Crippen LogP contribution is 2.11. The zero-order chi connectivity index (χ0) is 8.55. The fourth-order valence-corrected chi connectivity index (χ4v) is 1.25. The molecule has 0 aliphatic carbocycles. The molecular weight excluding hydrogens is 148 g/mol. The van der Waals surface area contributed by atoms with Crippen LogP contribution in [0, 0.1) is 6.92 Å². The Hall–Kier alpha value is -1.57. The minimum atomic E-state index is 1.13. The zero-order valence-electron chi connectivity index (χ0n) is 6.99. The lowest BCUT2D eigenvalue weighted by Crippen LogP contribution is -1.85. The predicted octanol–water partition coefficient (Wildman–Crippen LogP) is 2.29. The fraction of sp³-hybridized carbons (Fsp3) is 0.100. The molecule has 2 rings (SSSR count). The van der Waals surface area contributed by atoms with E-state index in [-0.39, 0.29) is 0 Å². The second-order valence-corrected chi connectivity index (χ2v) is 2.82. The minimum Gasteiger partial charge on any atom is -0.241 e. The number of fused-ring (bicyclic) bond motifs is 1. The number of hydrogen-bond donors (Lipinski definition) is 0. The summed E-state index contributed by atoms with van der Waals surface area (Å²) in [4.78, 5) is 0. The van der Waals surface area contributed by atoms with Gasteiger partial charge in [-0.05, 0) is 30.2 Å². The van der Waals surface area contributed by atoms with Crippen LogP contribution in [0.4, 0.5) is 0 Å². The van der Waals surface area contributed by atoms with Gasteiger partial charge in [-0.15, -0.1) is 0 Å². The molecule has 2 aromatic heterocycles. The Balaban J connectivity index is 2.79. The lowest BCUT2D eigenvalue weighted by Gasteiger charge is -1.95. The van der Waals surface area contributed by atoms with E-state index in [0.717, 1.165) is 11.1 Å². The van der Waals surface area contributed by atoms with Gasteiger partial charge in [0.2, 0.25) is 0 Å². The van der Waals surface area contributed by atoms with E-state index >= 15 is 0 Å². The van der Waals surface area contributed by atoms with Crippen molar-refractivity contribution in [3.8, 4) is 0 Å². The van der Waals surface area contributed by atoms with Crippen LogP contribution in [0.15, 0.2) is 31.1 Å². The van der Waals surface area contributed by atoms with Gasteiger partial charge in [0.25, 0.3) is 0 Å². The van der Waals surface area contributed by atoms with E-state index in [9.17, 15) is 0 Å². The monoisotopic (exact) mass is 158 g/mol. The quantitative estimate of drug-likeness (QED) is 0.622. The summed E-state index contributed by atoms with van der Waals surface area (Å²) in [7, 11) is 0. The largest absolute Gasteiger partial charge is 0.241 e. The van der Waals surface area contributed by atoms with Crippen LogP contribution in [-0.4, -0.2) is 9.61 Å². The maximum atomic E-state index is 4.18. The van der Waals surface area contributed by atoms with Crippen LogP contribution in [0.1, 0.15) is 11.1 Å². The van der Waals surface area contributed by atoms with Gasteiger partial charge in [0.15, 0.2) is 0 Å². The molecule has 0 radical (unpaired) electrons. The highest BCUT2D eigenvalue weighted by Gasteiger charge is 1.97. The lowest BCUT2D eigenvalue weighted by atomic mass is 10.2. The molecule has 0 aromatic carbocycles. The second-order valence-electron chi connectivity index (χ2n) is 2.82. The Morgan fingerprint density at radius 1 is 1.58 bits per heavy atom. The molecular formula is C10H10N2. The van der Waals surface area contributed by atoms with Crippen molar-refractivity contribution in [2.45, 2.75) is 6.92 Å². The maximum absolute atomic E-state index is 4.18. The lowest BCUT2D eigenvalue weighted by molar-refractivity contribution is 0.960. The van der Waals surface area contributed by atoms with E-state index in [0.29, 0.717) is 0 Å². The minimum absolute atomic E-state index is 1.13. The Morgan fingerprint density at radius 2 is 2.42 bits per heavy atom. The highest BCUT2D eigenvalue weighted by molar-refractivity contribution is 5.60. The Kier molecular flexibility index (Phi) is 1.47. The van der Waals surface area contributed by atoms with Crippen LogP contribution in [0.2, 0.25) is 0 Å². The van der Waals surface area contributed by atoms with Crippen LogP contribution in [0.25, 0.3) is 11.6 Å². The topological polar surface area (TPSA) is 17.3 Å². The molecule has 12 heavy (non-hydrogen) atoms. The first-order valence-corrected chi connectivity index (χ1v) is 3.87. The number of rotatable bonds is 1. The molecule has 2 nitrogen and oxygen atoms in total. The number of nitrogens with zero attached hydrogens (tertiary/aromatic N) is 2. The molecule has 60 valence electrons. The number of pyridine rings is 1. The van der Waals surface area contributed by atoms with Gasteiger partial charge in [0.1, 0.15) is 0 Å². The molecule has 2 heteroatoms. The molecule has 0 N–H and O–H groups in total. The van der Waals surface area contributed by atoms with Crippen LogP contribution in [-0.2, 0) is 0 Å². The molecule has 0 saturated heterocycles. The van der Waals surface area contributed by atoms with Crippen LogP contribution >= 0.6 is 0 Å². The Morgan fingerprint density at radius 3 is 3.17 bits per heavy atom. The van der Waals surface area contributed by atoms with Crippen molar-refractivity contribution in [1.82, 2.24) is 9.61 Å². The summed E-state index contributed by atoms with van der Waals surface area (Å²) in [6.07, 6.45) is 5.65. The molecule has 0 fully saturated rings. The molecule has 0 aliphatic rings. The van der Waals surface area contributed by atoms with E-state index in [1.807, 2.05) is 29.1 Å². The summed E-state index contributed by atoms with van der Waals surface area (Å²) < 4.78 is 1.86. The van der Waals surface area contributed by atoms with Gasteiger partial charge in [-0.3, -0.25) is 0 Å². The van der Waals surface area contributed by atoms with E-state index in [1.54, 1.807) is 0 Å². The average molecular weight is 158 g/mol. The first kappa shape index (κ1) is 7.10. The van der Waals surface area contributed by atoms with E-state index in [1.165, 1.54) is 5.56 Å². The average Bonchev–Trinajstić information content (AvgIpc) is 2.47. The molecule has 0 amide bonds. The van der Waals surface area contributed by atoms with Gasteiger partial charge < -0.3 is 0 Å². The van der Waals surface area contributed by atoms with E-state index < -0.39 is 0 Å². The molecule has 2 heterocycles. The van der Waals surface area contributed by atoms with Crippen molar-refractivity contribution >= 4 is 11.6 Å². The summed E-state index contributed by atoms with van der Waals surface area (Å²) >= 11 is 0. The fourth-order valence-electron chi connectivity index (χ4n) is 1.25. The van der Waals surface area contributed by atoms with Gasteiger partial charge in [0.05, 0.1) is 11.7 Å². The van der Waals surface area contributed by atoms with Crippen molar-refractivity contribution in [1.29, 1.82) is 0 Å². The molecule has 0 aliphatic heterocycles. The van der Waals surface area contributed by atoms with Crippen molar-refractivity contribution < 1.29 is 0 Å². The second kappa shape index (κ2) is 2.48. The van der Waals surface area contributed by atoms with Crippen molar-refractivity contribution in [2.24, 2.45) is 0 Å². The molecule has 0 unspecified atom stereocenters. The smallest absolute Gasteiger partial charge is 0.0696 e. The van der Waals surface area contributed by atoms with Crippen LogP contribution in [0.3, 0.4) is 0 Å². The van der Waals surface area contributed by atoms with Gasteiger partial charge in [-0.25, -0.2) is 4.52 Å². The molecule has 2 aromatic rings. The Labute approximate surface area is 71.1 Å². The standard InChI is InChI=1S/C10H10N2/c1-3-9-4-5-12-10(6-9)8(2)7-11-12/h3-7H,1H2,2H3. The molecule has 0 saturated carbocycles. The SMILES string of the molecule is C=Cc1ccn2ncc(C)c2c1. The van der Waals surface area contributed by atoms with Gasteiger partial charge in [-0.2, -0.15) is 5.10 Å². The summed E-state index contributed by atoms with van der Waals surface area (Å²) in [5, 5.41) is 4.18. The normalized spacial score (nSPS) is 10.4. The van der Waals surface area contributed by atoms with E-state index in [2.05, 4.69) is 24.7 Å². The highest BCUT2D eigenvalue weighted by atomic mass is 15.2. The third-order valence-electron chi connectivity index (χ3n) is 1.97. The van der Waals surface area contributed by atoms with Gasteiger partial charge >= 0.3 is 0 Å². The van der Waals surface area contributed by atoms with Crippen LogP contribution in [0.5, 0.6) is 0 Å². The van der Waals surface area contributed by atoms with Crippen molar-refractivity contribution in [3.63, 3.8) is 0 Å². The summed E-state index contributed by atoms with van der Waals surface area (Å²) in [5.41, 5.74) is 3.47. The predicted molar refractivity (Wildman–Crippen MR) is 50.0 cm³/mol. The first-order valence-electron chi connectivity index (χ1n) is 3.87. The summed E-state index contributed by atoms with van der Waals surface area (Å²) in [6, 6.07) is 4.07.